The average molecular weight is 497 g/mol. The molecule has 2 N–H and O–H groups in total. The Morgan fingerprint density at radius 3 is 2.08 bits per heavy atom. The fourth-order valence-electron chi connectivity index (χ4n) is 4.92. The number of fused-ring (bicyclic) bond motifs is 4. The maximum Gasteiger partial charge on any atom is 0.488 e. The van der Waals surface area contributed by atoms with Crippen molar-refractivity contribution in [2.45, 2.75) is 0 Å². The lowest BCUT2D eigenvalue weighted by Crippen LogP contribution is -2.29. The van der Waals surface area contributed by atoms with Crippen molar-refractivity contribution in [3.63, 3.8) is 0 Å². The van der Waals surface area contributed by atoms with Gasteiger partial charge in [-0.1, -0.05) is 91.0 Å². The second-order valence-electron chi connectivity index (χ2n) is 8.93. The van der Waals surface area contributed by atoms with E-state index in [1.807, 2.05) is 72.8 Å². The van der Waals surface area contributed by atoms with Crippen LogP contribution in [0.15, 0.2) is 109 Å². The van der Waals surface area contributed by atoms with Crippen LogP contribution in [0, 0.1) is 0 Å². The number of hydrogen-bond donors (Lipinski definition) is 2. The van der Waals surface area contributed by atoms with Gasteiger partial charge < -0.3 is 10.0 Å². The molecule has 0 amide bonds. The predicted molar refractivity (Wildman–Crippen MR) is 152 cm³/mol. The first-order valence-electron chi connectivity index (χ1n) is 12.0. The molecular weight excluding hydrogens is 477 g/mol. The number of para-hydroxylation sites is 1. The van der Waals surface area contributed by atoms with Crippen LogP contribution in [0.5, 0.6) is 0 Å². The summed E-state index contributed by atoms with van der Waals surface area (Å²) in [6.07, 6.45) is 0. The van der Waals surface area contributed by atoms with Gasteiger partial charge in [-0.3, -0.25) is 4.57 Å². The molecule has 0 spiro atoms. The molecule has 0 unspecified atom stereocenters. The molecule has 0 aliphatic heterocycles. The summed E-state index contributed by atoms with van der Waals surface area (Å²) in [5.74, 6) is 0.576. The minimum atomic E-state index is -1.54. The summed E-state index contributed by atoms with van der Waals surface area (Å²) in [6.45, 7) is 0. The molecule has 3 aromatic heterocycles. The van der Waals surface area contributed by atoms with E-state index in [1.165, 1.54) is 0 Å². The largest absolute Gasteiger partial charge is 0.488 e. The molecule has 176 valence electrons. The van der Waals surface area contributed by atoms with Crippen LogP contribution in [0.25, 0.3) is 59.7 Å². The minimum absolute atomic E-state index is 0.446. The molecule has 4 aromatic carbocycles. The van der Waals surface area contributed by atoms with E-state index in [1.54, 1.807) is 17.4 Å². The van der Waals surface area contributed by atoms with Crippen molar-refractivity contribution in [1.82, 2.24) is 14.5 Å². The first kappa shape index (κ1) is 21.9. The molecule has 5 nitrogen and oxygen atoms in total. The van der Waals surface area contributed by atoms with Crippen LogP contribution in [0.1, 0.15) is 0 Å². The highest BCUT2D eigenvalue weighted by molar-refractivity contribution is 7.22. The van der Waals surface area contributed by atoms with Gasteiger partial charge in [0.1, 0.15) is 0 Å². The smallest absolute Gasteiger partial charge is 0.423 e. The predicted octanol–water partition coefficient (Wildman–Crippen LogP) is 5.80. The fourth-order valence-corrected chi connectivity index (χ4v) is 6.03. The van der Waals surface area contributed by atoms with Gasteiger partial charge in [-0.2, -0.15) is 0 Å². The van der Waals surface area contributed by atoms with Crippen LogP contribution in [0.4, 0.5) is 0 Å². The van der Waals surface area contributed by atoms with Crippen molar-refractivity contribution >= 4 is 55.9 Å². The number of nitrogens with zero attached hydrogens (tertiary/aromatic N) is 3. The maximum atomic E-state index is 9.78. The number of rotatable bonds is 4. The summed E-state index contributed by atoms with van der Waals surface area (Å²) < 4.78 is 3.10. The molecule has 0 saturated carbocycles. The quantitative estimate of drug-likeness (QED) is 0.302. The molecule has 7 heteroatoms. The van der Waals surface area contributed by atoms with Gasteiger partial charge in [0.25, 0.3) is 0 Å². The van der Waals surface area contributed by atoms with Gasteiger partial charge in [0.05, 0.1) is 26.9 Å². The van der Waals surface area contributed by atoms with E-state index in [4.69, 9.17) is 9.97 Å². The summed E-state index contributed by atoms with van der Waals surface area (Å²) in [7, 11) is -1.54. The van der Waals surface area contributed by atoms with Crippen LogP contribution in [0.3, 0.4) is 0 Å². The first-order valence-corrected chi connectivity index (χ1v) is 12.8. The molecule has 0 aliphatic rings. The van der Waals surface area contributed by atoms with Gasteiger partial charge in [-0.05, 0) is 29.2 Å². The zero-order valence-corrected chi connectivity index (χ0v) is 20.4. The van der Waals surface area contributed by atoms with Gasteiger partial charge in [0.15, 0.2) is 0 Å². The highest BCUT2D eigenvalue weighted by atomic mass is 32.1. The Balaban J connectivity index is 1.55. The molecule has 0 bridgehead atoms. The Morgan fingerprint density at radius 2 is 1.32 bits per heavy atom. The van der Waals surface area contributed by atoms with Crippen LogP contribution >= 0.6 is 11.3 Å². The van der Waals surface area contributed by atoms with Crippen LogP contribution in [0.2, 0.25) is 0 Å². The van der Waals surface area contributed by atoms with Crippen LogP contribution in [-0.4, -0.2) is 31.7 Å². The summed E-state index contributed by atoms with van der Waals surface area (Å²) in [5, 5.41) is 21.5. The lowest BCUT2D eigenvalue weighted by Gasteiger charge is -2.10. The third-order valence-corrected chi connectivity index (χ3v) is 7.84. The Labute approximate surface area is 217 Å². The molecule has 0 aliphatic carbocycles. The highest BCUT2D eigenvalue weighted by Crippen LogP contribution is 2.39. The number of benzene rings is 4. The minimum Gasteiger partial charge on any atom is -0.423 e. The Kier molecular flexibility index (Phi) is 5.14. The second kappa shape index (κ2) is 8.67. The fraction of sp³-hybridized carbons (Fsp3) is 0. The van der Waals surface area contributed by atoms with Gasteiger partial charge in [0, 0.05) is 21.2 Å². The van der Waals surface area contributed by atoms with Crippen LogP contribution < -0.4 is 5.46 Å². The lowest BCUT2D eigenvalue weighted by molar-refractivity contribution is 0.426. The van der Waals surface area contributed by atoms with E-state index in [2.05, 4.69) is 34.9 Å². The molecule has 7 aromatic rings. The molecule has 0 radical (unpaired) electrons. The van der Waals surface area contributed by atoms with Gasteiger partial charge >= 0.3 is 7.12 Å². The third kappa shape index (κ3) is 3.64. The summed E-state index contributed by atoms with van der Waals surface area (Å²) >= 11 is 1.70. The van der Waals surface area contributed by atoms with E-state index < -0.39 is 7.12 Å². The standard InChI is InChI=1S/C30H20BN3O2S/c35-31(36)21-15-16-26-23(17-21)22-13-7-8-14-25(22)34(26)30-32-24-18-27(19-9-3-1-4-10-19)37-29(24)28(33-30)20-11-5-2-6-12-20/h1-18,35-36H. The van der Waals surface area contributed by atoms with Crippen LogP contribution in [-0.2, 0) is 0 Å². The molecule has 0 fully saturated rings. The van der Waals surface area contributed by atoms with Crippen molar-refractivity contribution in [2.75, 3.05) is 0 Å². The first-order chi connectivity index (χ1) is 18.2. The van der Waals surface area contributed by atoms with E-state index in [0.29, 0.717) is 11.4 Å². The van der Waals surface area contributed by atoms with Gasteiger partial charge in [0.2, 0.25) is 5.95 Å². The Bertz CT molecular complexity index is 1910. The lowest BCUT2D eigenvalue weighted by atomic mass is 9.80. The highest BCUT2D eigenvalue weighted by Gasteiger charge is 2.20. The van der Waals surface area contributed by atoms with Crippen molar-refractivity contribution in [2.24, 2.45) is 0 Å². The summed E-state index contributed by atoms with van der Waals surface area (Å²) in [4.78, 5) is 11.4. The average Bonchev–Trinajstić information content (AvgIpc) is 3.52. The Hall–Kier alpha value is -4.30. The van der Waals surface area contributed by atoms with Crippen molar-refractivity contribution in [3.05, 3.63) is 109 Å². The van der Waals surface area contributed by atoms with E-state index >= 15 is 0 Å². The van der Waals surface area contributed by atoms with Crippen molar-refractivity contribution in [3.8, 4) is 27.6 Å². The molecule has 3 heterocycles. The Morgan fingerprint density at radius 1 is 0.649 bits per heavy atom. The topological polar surface area (TPSA) is 71.2 Å². The molecule has 0 saturated heterocycles. The van der Waals surface area contributed by atoms with E-state index in [0.717, 1.165) is 53.7 Å². The number of aromatic nitrogens is 3. The molecular formula is C30H20BN3O2S. The van der Waals surface area contributed by atoms with Crippen molar-refractivity contribution < 1.29 is 10.0 Å². The monoisotopic (exact) mass is 497 g/mol. The van der Waals surface area contributed by atoms with Gasteiger partial charge in [-0.15, -0.1) is 11.3 Å². The summed E-state index contributed by atoms with van der Waals surface area (Å²) in [6, 6.07) is 36.2. The van der Waals surface area contributed by atoms with E-state index in [-0.39, 0.29) is 0 Å². The summed E-state index contributed by atoms with van der Waals surface area (Å²) in [5.41, 5.74) is 6.27. The second-order valence-corrected chi connectivity index (χ2v) is 9.98. The number of thiophene rings is 1. The maximum absolute atomic E-state index is 9.78. The normalized spacial score (nSPS) is 11.5. The SMILES string of the molecule is OB(O)c1ccc2c(c1)c1ccccc1n2-c1nc(-c2ccccc2)c2sc(-c3ccccc3)cc2n1. The number of hydrogen-bond acceptors (Lipinski definition) is 5. The van der Waals surface area contributed by atoms with E-state index in [9.17, 15) is 10.0 Å². The third-order valence-electron chi connectivity index (χ3n) is 6.66. The van der Waals surface area contributed by atoms with Crippen molar-refractivity contribution in [1.29, 1.82) is 0 Å². The van der Waals surface area contributed by atoms with Gasteiger partial charge in [-0.25, -0.2) is 9.97 Å². The molecule has 0 atom stereocenters. The molecule has 7 rings (SSSR count). The zero-order valence-electron chi connectivity index (χ0n) is 19.6. The zero-order chi connectivity index (χ0) is 24.9. The molecule has 37 heavy (non-hydrogen) atoms.